The summed E-state index contributed by atoms with van der Waals surface area (Å²) >= 11 is 1.13. The Labute approximate surface area is 172 Å². The van der Waals surface area contributed by atoms with E-state index in [2.05, 4.69) is 10.4 Å². The van der Waals surface area contributed by atoms with Crippen LogP contribution in [-0.4, -0.2) is 15.7 Å². The third-order valence-electron chi connectivity index (χ3n) is 4.40. The van der Waals surface area contributed by atoms with Gasteiger partial charge in [-0.25, -0.2) is 17.6 Å². The zero-order chi connectivity index (χ0) is 21.4. The number of anilines is 1. The van der Waals surface area contributed by atoms with Crippen molar-refractivity contribution in [1.82, 2.24) is 9.78 Å². The summed E-state index contributed by atoms with van der Waals surface area (Å²) in [5.74, 6) is -5.53. The second kappa shape index (κ2) is 7.75. The van der Waals surface area contributed by atoms with Gasteiger partial charge in [0.25, 0.3) is 5.91 Å². The van der Waals surface area contributed by atoms with Gasteiger partial charge in [-0.15, -0.1) is 11.3 Å². The summed E-state index contributed by atoms with van der Waals surface area (Å²) in [5.41, 5.74) is 0.448. The summed E-state index contributed by atoms with van der Waals surface area (Å²) in [7, 11) is 1.69. The van der Waals surface area contributed by atoms with E-state index in [1.165, 1.54) is 6.07 Å². The van der Waals surface area contributed by atoms with Crippen LogP contribution in [0.3, 0.4) is 0 Å². The Morgan fingerprint density at radius 3 is 2.47 bits per heavy atom. The van der Waals surface area contributed by atoms with Crippen LogP contribution in [0.5, 0.6) is 0 Å². The number of thiophene rings is 1. The number of rotatable bonds is 4. The van der Waals surface area contributed by atoms with Crippen molar-refractivity contribution >= 4 is 22.2 Å². The maximum atomic E-state index is 14.0. The molecule has 9 heteroatoms. The van der Waals surface area contributed by atoms with Crippen molar-refractivity contribution < 1.29 is 22.4 Å². The summed E-state index contributed by atoms with van der Waals surface area (Å²) in [5, 5.41) is 6.99. The highest BCUT2D eigenvalue weighted by atomic mass is 32.1. The van der Waals surface area contributed by atoms with E-state index < -0.39 is 34.7 Å². The smallest absolute Gasteiger partial charge is 0.262 e. The largest absolute Gasteiger partial charge is 0.313 e. The Morgan fingerprint density at radius 2 is 1.70 bits per heavy atom. The molecule has 0 fully saturated rings. The molecular formula is C21H13F4N3OS. The molecule has 30 heavy (non-hydrogen) atoms. The van der Waals surface area contributed by atoms with Gasteiger partial charge in [0.1, 0.15) is 17.2 Å². The number of nitrogens with one attached hydrogen (secondary N) is 1. The Morgan fingerprint density at radius 1 is 0.967 bits per heavy atom. The fourth-order valence-corrected chi connectivity index (χ4v) is 3.90. The number of amides is 1. The fraction of sp³-hybridized carbons (Fsp3) is 0.0476. The summed E-state index contributed by atoms with van der Waals surface area (Å²) in [6, 6.07) is 12.5. The molecule has 4 aromatic rings. The van der Waals surface area contributed by atoms with Gasteiger partial charge in [0.2, 0.25) is 0 Å². The normalized spacial score (nSPS) is 11.0. The molecular weight excluding hydrogens is 418 g/mol. The van der Waals surface area contributed by atoms with Crippen molar-refractivity contribution in [2.45, 2.75) is 0 Å². The predicted molar refractivity (Wildman–Crippen MR) is 106 cm³/mol. The van der Waals surface area contributed by atoms with Crippen molar-refractivity contribution in [2.75, 3.05) is 5.32 Å². The van der Waals surface area contributed by atoms with E-state index in [0.29, 0.717) is 39.0 Å². The lowest BCUT2D eigenvalue weighted by molar-refractivity contribution is 0.101. The quantitative estimate of drug-likeness (QED) is 0.337. The van der Waals surface area contributed by atoms with Crippen molar-refractivity contribution in [3.63, 3.8) is 0 Å². The molecule has 0 saturated carbocycles. The molecule has 1 N–H and O–H groups in total. The molecule has 152 valence electrons. The van der Waals surface area contributed by atoms with Gasteiger partial charge in [0, 0.05) is 12.6 Å². The first kappa shape index (κ1) is 19.8. The van der Waals surface area contributed by atoms with E-state index in [-0.39, 0.29) is 0 Å². The lowest BCUT2D eigenvalue weighted by Crippen LogP contribution is -2.16. The highest BCUT2D eigenvalue weighted by Crippen LogP contribution is 2.34. The third-order valence-corrected chi connectivity index (χ3v) is 5.42. The van der Waals surface area contributed by atoms with Gasteiger partial charge in [-0.2, -0.15) is 5.10 Å². The van der Waals surface area contributed by atoms with Crippen molar-refractivity contribution in [3.05, 3.63) is 83.4 Å². The van der Waals surface area contributed by atoms with Gasteiger partial charge in [0.05, 0.1) is 21.3 Å². The molecule has 4 rings (SSSR count). The molecule has 0 spiro atoms. The molecule has 0 aliphatic rings. The minimum absolute atomic E-state index is 0.298. The number of carbonyl (C=O) groups is 1. The molecule has 0 bridgehead atoms. The number of nitrogens with zero attached hydrogens (tertiary/aromatic N) is 2. The van der Waals surface area contributed by atoms with Crippen LogP contribution in [0.2, 0.25) is 0 Å². The van der Waals surface area contributed by atoms with Crippen LogP contribution in [0.25, 0.3) is 21.8 Å². The lowest BCUT2D eigenvalue weighted by Gasteiger charge is -2.05. The highest BCUT2D eigenvalue weighted by Gasteiger charge is 2.22. The molecule has 0 aliphatic heterocycles. The summed E-state index contributed by atoms with van der Waals surface area (Å²) < 4.78 is 56.6. The van der Waals surface area contributed by atoms with Crippen LogP contribution in [0.1, 0.15) is 10.4 Å². The predicted octanol–water partition coefficient (Wildman–Crippen LogP) is 5.62. The first-order valence-corrected chi connectivity index (χ1v) is 9.51. The van der Waals surface area contributed by atoms with Crippen LogP contribution in [0.4, 0.5) is 22.6 Å². The second-order valence-corrected chi connectivity index (χ2v) is 7.44. The van der Waals surface area contributed by atoms with Crippen molar-refractivity contribution in [1.29, 1.82) is 0 Å². The number of hydrogen-bond acceptors (Lipinski definition) is 3. The molecule has 2 aromatic heterocycles. The fourth-order valence-electron chi connectivity index (χ4n) is 2.95. The van der Waals surface area contributed by atoms with Gasteiger partial charge < -0.3 is 5.32 Å². The van der Waals surface area contributed by atoms with Crippen LogP contribution in [-0.2, 0) is 7.05 Å². The van der Waals surface area contributed by atoms with Gasteiger partial charge in [-0.3, -0.25) is 9.48 Å². The maximum Gasteiger partial charge on any atom is 0.262 e. The lowest BCUT2D eigenvalue weighted by atomic mass is 10.1. The second-order valence-electron chi connectivity index (χ2n) is 6.35. The first-order chi connectivity index (χ1) is 14.3. The minimum atomic E-state index is -1.55. The first-order valence-electron chi connectivity index (χ1n) is 8.69. The average Bonchev–Trinajstić information content (AvgIpc) is 3.32. The van der Waals surface area contributed by atoms with E-state index >= 15 is 0 Å². The Balaban J connectivity index is 1.61. The van der Waals surface area contributed by atoms with Gasteiger partial charge in [-0.1, -0.05) is 12.1 Å². The van der Waals surface area contributed by atoms with Crippen LogP contribution in [0, 0.1) is 23.3 Å². The summed E-state index contributed by atoms with van der Waals surface area (Å²) in [6.07, 6.45) is 0. The van der Waals surface area contributed by atoms with Crippen LogP contribution in [0.15, 0.2) is 54.6 Å². The van der Waals surface area contributed by atoms with Crippen LogP contribution < -0.4 is 5.32 Å². The van der Waals surface area contributed by atoms with Crippen LogP contribution >= 0.6 is 11.3 Å². The Hall–Kier alpha value is -3.46. The molecule has 0 saturated heterocycles. The zero-order valence-electron chi connectivity index (χ0n) is 15.4. The summed E-state index contributed by atoms with van der Waals surface area (Å²) in [4.78, 5) is 12.9. The molecule has 0 unspecified atom stereocenters. The SMILES string of the molecule is Cn1nc(-c2ccccc2F)cc1-c1ccc(NC(=O)c2c(F)ccc(F)c2F)s1. The van der Waals surface area contributed by atoms with Crippen molar-refractivity contribution in [2.24, 2.45) is 7.05 Å². The number of benzene rings is 2. The molecule has 0 atom stereocenters. The van der Waals surface area contributed by atoms with Gasteiger partial charge in [0.15, 0.2) is 11.6 Å². The van der Waals surface area contributed by atoms with Gasteiger partial charge >= 0.3 is 0 Å². The molecule has 0 radical (unpaired) electrons. The number of carbonyl (C=O) groups excluding carboxylic acids is 1. The molecule has 1 amide bonds. The third kappa shape index (κ3) is 3.59. The topological polar surface area (TPSA) is 46.9 Å². The standard InChI is InChI=1S/C21H13F4N3OS/c1-28-16(10-15(27-28)11-4-2-3-5-12(11)22)17-8-9-18(30-17)26-21(29)19-13(23)6-7-14(24)20(19)25/h2-10H,1H3,(H,26,29). The van der Waals surface area contributed by atoms with Gasteiger partial charge in [-0.05, 0) is 42.5 Å². The van der Waals surface area contributed by atoms with E-state index in [9.17, 15) is 22.4 Å². The molecule has 0 aliphatic carbocycles. The van der Waals surface area contributed by atoms with E-state index in [1.807, 2.05) is 0 Å². The van der Waals surface area contributed by atoms with E-state index in [1.54, 1.807) is 48.1 Å². The van der Waals surface area contributed by atoms with Crippen molar-refractivity contribution in [3.8, 4) is 21.8 Å². The Kier molecular flexibility index (Phi) is 5.13. The molecule has 2 aromatic carbocycles. The number of halogens is 4. The number of aromatic nitrogens is 2. The highest BCUT2D eigenvalue weighted by molar-refractivity contribution is 7.19. The average molecular weight is 431 g/mol. The molecule has 4 nitrogen and oxygen atoms in total. The monoisotopic (exact) mass is 431 g/mol. The number of hydrogen-bond donors (Lipinski definition) is 1. The zero-order valence-corrected chi connectivity index (χ0v) is 16.2. The molecule has 2 heterocycles. The maximum absolute atomic E-state index is 14.0. The summed E-state index contributed by atoms with van der Waals surface area (Å²) in [6.45, 7) is 0. The van der Waals surface area contributed by atoms with E-state index in [4.69, 9.17) is 0 Å². The number of aryl methyl sites for hydroxylation is 1. The minimum Gasteiger partial charge on any atom is -0.313 e. The Bertz CT molecular complexity index is 1270. The van der Waals surface area contributed by atoms with E-state index in [0.717, 1.165) is 11.3 Å².